The van der Waals surface area contributed by atoms with Gasteiger partial charge in [-0.3, -0.25) is 4.79 Å². The predicted molar refractivity (Wildman–Crippen MR) is 168 cm³/mol. The van der Waals surface area contributed by atoms with E-state index in [9.17, 15) is 4.79 Å². The van der Waals surface area contributed by atoms with E-state index in [4.69, 9.17) is 14.5 Å². The van der Waals surface area contributed by atoms with Crippen LogP contribution in [0.5, 0.6) is 11.5 Å². The van der Waals surface area contributed by atoms with Gasteiger partial charge in [-0.2, -0.15) is 5.10 Å². The van der Waals surface area contributed by atoms with Gasteiger partial charge in [0, 0.05) is 10.9 Å². The maximum atomic E-state index is 13.3. The van der Waals surface area contributed by atoms with Crippen LogP contribution in [0.1, 0.15) is 28.4 Å². The molecule has 0 aliphatic carbocycles. The van der Waals surface area contributed by atoms with Crippen LogP contribution in [0.4, 0.5) is 0 Å². The third-order valence-corrected chi connectivity index (χ3v) is 6.94. The van der Waals surface area contributed by atoms with Gasteiger partial charge in [0.15, 0.2) is 11.5 Å². The highest BCUT2D eigenvalue weighted by Crippen LogP contribution is 2.30. The number of carbonyl (C=O) groups excluding carboxylic acids is 1. The first-order chi connectivity index (χ1) is 20.7. The maximum absolute atomic E-state index is 13.3. The van der Waals surface area contributed by atoms with Crippen molar-refractivity contribution in [2.75, 3.05) is 6.61 Å². The van der Waals surface area contributed by atoms with Crippen LogP contribution in [-0.2, 0) is 6.61 Å². The van der Waals surface area contributed by atoms with E-state index in [-0.39, 0.29) is 5.91 Å². The molecule has 0 saturated carbocycles. The van der Waals surface area contributed by atoms with E-state index in [1.54, 1.807) is 12.3 Å². The first kappa shape index (κ1) is 26.7. The lowest BCUT2D eigenvalue weighted by Crippen LogP contribution is -2.18. The second kappa shape index (κ2) is 12.4. The van der Waals surface area contributed by atoms with Crippen LogP contribution in [0.2, 0.25) is 0 Å². The number of amides is 1. The summed E-state index contributed by atoms with van der Waals surface area (Å²) in [5.74, 6) is 0.936. The van der Waals surface area contributed by atoms with Crippen LogP contribution in [0.3, 0.4) is 0 Å². The van der Waals surface area contributed by atoms with E-state index >= 15 is 0 Å². The molecule has 1 amide bonds. The zero-order chi connectivity index (χ0) is 28.7. The summed E-state index contributed by atoms with van der Waals surface area (Å²) in [5, 5.41) is 7.34. The number of carbonyl (C=O) groups is 1. The highest BCUT2D eigenvalue weighted by Gasteiger charge is 2.14. The van der Waals surface area contributed by atoms with Gasteiger partial charge >= 0.3 is 0 Å². The van der Waals surface area contributed by atoms with Gasteiger partial charge in [-0.05, 0) is 59.2 Å². The molecule has 42 heavy (non-hydrogen) atoms. The summed E-state index contributed by atoms with van der Waals surface area (Å²) in [6.45, 7) is 2.83. The topological polar surface area (TPSA) is 72.8 Å². The first-order valence-electron chi connectivity index (χ1n) is 13.8. The van der Waals surface area contributed by atoms with Gasteiger partial charge in [0.05, 0.1) is 29.6 Å². The zero-order valence-electron chi connectivity index (χ0n) is 23.2. The molecule has 0 atom stereocenters. The normalized spacial score (nSPS) is 11.2. The van der Waals surface area contributed by atoms with Gasteiger partial charge in [0.25, 0.3) is 5.91 Å². The number of hydrogen-bond donors (Lipinski definition) is 1. The minimum absolute atomic E-state index is 0.317. The minimum Gasteiger partial charge on any atom is -0.490 e. The van der Waals surface area contributed by atoms with E-state index < -0.39 is 0 Å². The maximum Gasteiger partial charge on any atom is 0.272 e. The highest BCUT2D eigenvalue weighted by molar-refractivity contribution is 6.07. The monoisotopic (exact) mass is 551 g/mol. The average molecular weight is 552 g/mol. The van der Waals surface area contributed by atoms with Gasteiger partial charge in [-0.25, -0.2) is 10.4 Å². The fourth-order valence-electron chi connectivity index (χ4n) is 4.91. The predicted octanol–water partition coefficient (Wildman–Crippen LogP) is 7.80. The van der Waals surface area contributed by atoms with Gasteiger partial charge in [0.1, 0.15) is 6.61 Å². The Labute approximate surface area is 244 Å². The Balaban J connectivity index is 1.19. The summed E-state index contributed by atoms with van der Waals surface area (Å²) in [4.78, 5) is 18.0. The van der Waals surface area contributed by atoms with Gasteiger partial charge in [-0.1, -0.05) is 91.0 Å². The molecule has 0 fully saturated rings. The molecule has 0 aliphatic rings. The molecule has 6 aromatic rings. The zero-order valence-corrected chi connectivity index (χ0v) is 23.2. The van der Waals surface area contributed by atoms with Crippen molar-refractivity contribution in [1.82, 2.24) is 10.4 Å². The van der Waals surface area contributed by atoms with E-state index in [1.165, 1.54) is 5.39 Å². The van der Waals surface area contributed by atoms with Crippen molar-refractivity contribution in [1.29, 1.82) is 0 Å². The van der Waals surface area contributed by atoms with E-state index in [2.05, 4.69) is 34.8 Å². The minimum atomic E-state index is -0.317. The van der Waals surface area contributed by atoms with Crippen molar-refractivity contribution >= 4 is 33.8 Å². The molecule has 0 saturated heterocycles. The standard InChI is InChI=1S/C36H29N3O3/c1-2-41-35-21-25(19-20-34(35)42-24-28-15-10-14-26-11-6-7-16-29(26)28)23-37-39-36(40)31-22-33(27-12-4-3-5-13-27)38-32-18-9-8-17-30(31)32/h3-23H,2,24H2,1H3,(H,39,40)/b37-23+. The number of fused-ring (bicyclic) bond motifs is 2. The largest absolute Gasteiger partial charge is 0.490 e. The van der Waals surface area contributed by atoms with Crippen molar-refractivity contribution < 1.29 is 14.3 Å². The molecule has 6 rings (SSSR count). The van der Waals surface area contributed by atoms with Gasteiger partial charge in [0.2, 0.25) is 0 Å². The molecule has 206 valence electrons. The first-order valence-corrected chi connectivity index (χ1v) is 13.8. The molecule has 6 nitrogen and oxygen atoms in total. The fourth-order valence-corrected chi connectivity index (χ4v) is 4.91. The van der Waals surface area contributed by atoms with Crippen molar-refractivity contribution in [3.8, 4) is 22.8 Å². The summed E-state index contributed by atoms with van der Waals surface area (Å²) in [6.07, 6.45) is 1.59. The second-order valence-corrected chi connectivity index (χ2v) is 9.70. The Morgan fingerprint density at radius 1 is 0.786 bits per heavy atom. The molecule has 0 bridgehead atoms. The van der Waals surface area contributed by atoms with Crippen LogP contribution in [-0.4, -0.2) is 23.7 Å². The lowest BCUT2D eigenvalue weighted by atomic mass is 10.0. The molecule has 1 N–H and O–H groups in total. The smallest absolute Gasteiger partial charge is 0.272 e. The number of aromatic nitrogens is 1. The number of hydrogen-bond acceptors (Lipinski definition) is 5. The molecule has 6 heteroatoms. The molecule has 1 heterocycles. The quantitative estimate of drug-likeness (QED) is 0.147. The van der Waals surface area contributed by atoms with E-state index in [0.717, 1.165) is 38.7 Å². The molecular formula is C36H29N3O3. The Morgan fingerprint density at radius 2 is 1.55 bits per heavy atom. The molecule has 0 aliphatic heterocycles. The number of ether oxygens (including phenoxy) is 2. The van der Waals surface area contributed by atoms with E-state index in [0.29, 0.717) is 30.3 Å². The lowest BCUT2D eigenvalue weighted by molar-refractivity contribution is 0.0956. The third kappa shape index (κ3) is 5.83. The average Bonchev–Trinajstić information content (AvgIpc) is 3.04. The number of rotatable bonds is 9. The highest BCUT2D eigenvalue weighted by atomic mass is 16.5. The van der Waals surface area contributed by atoms with Crippen LogP contribution >= 0.6 is 0 Å². The second-order valence-electron chi connectivity index (χ2n) is 9.70. The number of hydrazone groups is 1. The lowest BCUT2D eigenvalue weighted by Gasteiger charge is -2.14. The molecule has 1 aromatic heterocycles. The van der Waals surface area contributed by atoms with E-state index in [1.807, 2.05) is 97.9 Å². The molecule has 0 spiro atoms. The number of nitrogens with one attached hydrogen (secondary N) is 1. The van der Waals surface area contributed by atoms with Crippen molar-refractivity contribution in [2.24, 2.45) is 5.10 Å². The Hall–Kier alpha value is -5.49. The number of nitrogens with zero attached hydrogens (tertiary/aromatic N) is 2. The number of para-hydroxylation sites is 1. The van der Waals surface area contributed by atoms with Gasteiger partial charge < -0.3 is 9.47 Å². The van der Waals surface area contributed by atoms with Crippen molar-refractivity contribution in [2.45, 2.75) is 13.5 Å². The summed E-state index contributed by atoms with van der Waals surface area (Å²) in [5.41, 5.74) is 7.45. The Kier molecular flexibility index (Phi) is 7.86. The molecule has 0 radical (unpaired) electrons. The summed E-state index contributed by atoms with van der Waals surface area (Å²) in [6, 6.07) is 39.3. The summed E-state index contributed by atoms with van der Waals surface area (Å²) < 4.78 is 12.1. The summed E-state index contributed by atoms with van der Waals surface area (Å²) >= 11 is 0. The summed E-state index contributed by atoms with van der Waals surface area (Å²) in [7, 11) is 0. The number of pyridine rings is 1. The Morgan fingerprint density at radius 3 is 2.40 bits per heavy atom. The van der Waals surface area contributed by atoms with Crippen molar-refractivity contribution in [3.05, 3.63) is 138 Å². The Bertz CT molecular complexity index is 1900. The molecule has 0 unspecified atom stereocenters. The molecule has 5 aromatic carbocycles. The van der Waals surface area contributed by atoms with Crippen LogP contribution in [0.15, 0.2) is 126 Å². The van der Waals surface area contributed by atoms with Gasteiger partial charge in [-0.15, -0.1) is 0 Å². The van der Waals surface area contributed by atoms with Crippen LogP contribution < -0.4 is 14.9 Å². The third-order valence-electron chi connectivity index (χ3n) is 6.94. The number of benzene rings is 5. The van der Waals surface area contributed by atoms with Crippen molar-refractivity contribution in [3.63, 3.8) is 0 Å². The van der Waals surface area contributed by atoms with Crippen LogP contribution in [0.25, 0.3) is 32.9 Å². The van der Waals surface area contributed by atoms with Crippen LogP contribution in [0, 0.1) is 0 Å². The SMILES string of the molecule is CCOc1cc(/C=N/NC(=O)c2cc(-c3ccccc3)nc3ccccc23)ccc1OCc1cccc2ccccc12. The fraction of sp³-hybridized carbons (Fsp3) is 0.0833. The molecular weight excluding hydrogens is 522 g/mol.